The number of aliphatic imine (C=N–C) groups is 1. The predicted octanol–water partition coefficient (Wildman–Crippen LogP) is 2.79. The summed E-state index contributed by atoms with van der Waals surface area (Å²) in [5, 5.41) is 6.65. The summed E-state index contributed by atoms with van der Waals surface area (Å²) in [6.45, 7) is 13.6. The molecule has 22 heavy (non-hydrogen) atoms. The maximum absolute atomic E-state index is 5.75. The van der Waals surface area contributed by atoms with Crippen molar-refractivity contribution in [2.75, 3.05) is 39.5 Å². The quantitative estimate of drug-likeness (QED) is 0.284. The smallest absolute Gasteiger partial charge is 0.191 e. The Balaban J connectivity index is 0.00000441. The van der Waals surface area contributed by atoms with Crippen molar-refractivity contribution in [2.24, 2.45) is 10.9 Å². The summed E-state index contributed by atoms with van der Waals surface area (Å²) in [6.07, 6.45) is 3.24. The van der Waals surface area contributed by atoms with Gasteiger partial charge < -0.3 is 20.1 Å². The summed E-state index contributed by atoms with van der Waals surface area (Å²) >= 11 is 0. The van der Waals surface area contributed by atoms with Gasteiger partial charge >= 0.3 is 0 Å². The van der Waals surface area contributed by atoms with E-state index in [9.17, 15) is 0 Å². The van der Waals surface area contributed by atoms with E-state index in [0.717, 1.165) is 64.7 Å². The molecule has 1 aliphatic heterocycles. The van der Waals surface area contributed by atoms with Gasteiger partial charge in [-0.3, -0.25) is 4.99 Å². The molecule has 0 aromatic carbocycles. The highest BCUT2D eigenvalue weighted by Crippen LogP contribution is 2.14. The molecule has 0 atom stereocenters. The van der Waals surface area contributed by atoms with E-state index in [1.165, 1.54) is 0 Å². The molecule has 0 bridgehead atoms. The van der Waals surface area contributed by atoms with E-state index in [4.69, 9.17) is 9.47 Å². The van der Waals surface area contributed by atoms with Crippen LogP contribution in [-0.2, 0) is 9.47 Å². The fourth-order valence-electron chi connectivity index (χ4n) is 2.18. The molecule has 0 aromatic heterocycles. The van der Waals surface area contributed by atoms with E-state index in [1.54, 1.807) is 0 Å². The molecule has 0 radical (unpaired) electrons. The molecule has 1 rings (SSSR count). The van der Waals surface area contributed by atoms with Crippen LogP contribution in [-0.4, -0.2) is 51.0 Å². The van der Waals surface area contributed by atoms with Gasteiger partial charge in [0.15, 0.2) is 5.96 Å². The van der Waals surface area contributed by atoms with Gasteiger partial charge in [-0.25, -0.2) is 0 Å². The van der Waals surface area contributed by atoms with E-state index >= 15 is 0 Å². The van der Waals surface area contributed by atoms with Gasteiger partial charge in [0.2, 0.25) is 0 Å². The normalized spacial score (nSPS) is 17.0. The molecule has 1 saturated heterocycles. The lowest BCUT2D eigenvalue weighted by molar-refractivity contribution is 0.0205. The first-order valence-corrected chi connectivity index (χ1v) is 8.23. The van der Waals surface area contributed by atoms with Crippen molar-refractivity contribution < 1.29 is 9.47 Å². The second kappa shape index (κ2) is 12.4. The highest BCUT2D eigenvalue weighted by molar-refractivity contribution is 14.0. The van der Waals surface area contributed by atoms with Crippen LogP contribution in [0.4, 0.5) is 0 Å². The zero-order chi connectivity index (χ0) is 15.6. The van der Waals surface area contributed by atoms with Crippen molar-refractivity contribution in [3.8, 4) is 0 Å². The Morgan fingerprint density at radius 2 is 1.95 bits per heavy atom. The van der Waals surface area contributed by atoms with Gasteiger partial charge in [0, 0.05) is 45.1 Å². The molecule has 5 nitrogen and oxygen atoms in total. The summed E-state index contributed by atoms with van der Waals surface area (Å²) in [7, 11) is 0. The fraction of sp³-hybridized carbons (Fsp3) is 0.938. The van der Waals surface area contributed by atoms with Crippen LogP contribution in [0.15, 0.2) is 4.99 Å². The van der Waals surface area contributed by atoms with E-state index in [2.05, 4.69) is 43.3 Å². The highest BCUT2D eigenvalue weighted by atomic mass is 127. The van der Waals surface area contributed by atoms with Crippen molar-refractivity contribution in [2.45, 2.75) is 52.5 Å². The lowest BCUT2D eigenvalue weighted by Gasteiger charge is -2.23. The van der Waals surface area contributed by atoms with Gasteiger partial charge in [-0.1, -0.05) is 0 Å². The molecule has 0 spiro atoms. The maximum Gasteiger partial charge on any atom is 0.191 e. The maximum atomic E-state index is 5.75. The summed E-state index contributed by atoms with van der Waals surface area (Å²) in [5.74, 6) is 1.57. The first-order valence-electron chi connectivity index (χ1n) is 8.23. The number of hydrogen-bond donors (Lipinski definition) is 2. The van der Waals surface area contributed by atoms with Gasteiger partial charge in [-0.2, -0.15) is 0 Å². The first kappa shape index (κ1) is 21.9. The Morgan fingerprint density at radius 1 is 1.27 bits per heavy atom. The number of hydrogen-bond acceptors (Lipinski definition) is 3. The Morgan fingerprint density at radius 3 is 2.55 bits per heavy atom. The van der Waals surface area contributed by atoms with Crippen LogP contribution >= 0.6 is 24.0 Å². The van der Waals surface area contributed by atoms with Crippen LogP contribution in [0.1, 0.15) is 47.0 Å². The lowest BCUT2D eigenvalue weighted by atomic mass is 10.0. The molecule has 2 N–H and O–H groups in total. The van der Waals surface area contributed by atoms with Crippen molar-refractivity contribution in [1.29, 1.82) is 0 Å². The monoisotopic (exact) mass is 427 g/mol. The van der Waals surface area contributed by atoms with Gasteiger partial charge in [-0.05, 0) is 52.9 Å². The van der Waals surface area contributed by atoms with Crippen LogP contribution < -0.4 is 10.6 Å². The molecule has 132 valence electrons. The van der Waals surface area contributed by atoms with Crippen molar-refractivity contribution in [3.63, 3.8) is 0 Å². The third-order valence-corrected chi connectivity index (χ3v) is 3.25. The van der Waals surface area contributed by atoms with Crippen molar-refractivity contribution in [3.05, 3.63) is 0 Å². The lowest BCUT2D eigenvalue weighted by Crippen LogP contribution is -2.47. The Kier molecular flexibility index (Phi) is 12.3. The molecule has 0 unspecified atom stereocenters. The zero-order valence-electron chi connectivity index (χ0n) is 14.6. The Bertz CT molecular complexity index is 300. The van der Waals surface area contributed by atoms with E-state index in [1.807, 2.05) is 0 Å². The molecule has 1 aliphatic rings. The van der Waals surface area contributed by atoms with Crippen molar-refractivity contribution in [1.82, 2.24) is 10.6 Å². The topological polar surface area (TPSA) is 54.9 Å². The molecule has 6 heteroatoms. The van der Waals surface area contributed by atoms with Gasteiger partial charge in [0.05, 0.1) is 0 Å². The SMILES string of the molecule is CCNC(=NCCCOCC1CCOCC1)NC(C)(C)C.I. The second-order valence-corrected chi connectivity index (χ2v) is 6.62. The zero-order valence-corrected chi connectivity index (χ0v) is 16.9. The third-order valence-electron chi connectivity index (χ3n) is 3.25. The molecular weight excluding hydrogens is 393 g/mol. The van der Waals surface area contributed by atoms with Crippen LogP contribution in [0.5, 0.6) is 0 Å². The molecule has 0 amide bonds. The largest absolute Gasteiger partial charge is 0.381 e. The minimum atomic E-state index is 0. The molecule has 1 heterocycles. The Hall–Kier alpha value is -0.0800. The van der Waals surface area contributed by atoms with Crippen LogP contribution in [0.2, 0.25) is 0 Å². The first-order chi connectivity index (χ1) is 10.0. The summed E-state index contributed by atoms with van der Waals surface area (Å²) < 4.78 is 11.1. The third kappa shape index (κ3) is 11.5. The molecule has 0 saturated carbocycles. The van der Waals surface area contributed by atoms with Gasteiger partial charge in [-0.15, -0.1) is 24.0 Å². The average Bonchev–Trinajstić information content (AvgIpc) is 2.42. The van der Waals surface area contributed by atoms with Gasteiger partial charge in [0.1, 0.15) is 0 Å². The number of nitrogens with zero attached hydrogens (tertiary/aromatic N) is 1. The summed E-state index contributed by atoms with van der Waals surface area (Å²) in [4.78, 5) is 4.58. The average molecular weight is 427 g/mol. The Labute approximate surface area is 153 Å². The van der Waals surface area contributed by atoms with Crippen LogP contribution in [0.25, 0.3) is 0 Å². The number of nitrogens with one attached hydrogen (secondary N) is 2. The molecule has 0 aliphatic carbocycles. The number of guanidine groups is 1. The second-order valence-electron chi connectivity index (χ2n) is 6.62. The summed E-state index contributed by atoms with van der Waals surface area (Å²) in [6, 6.07) is 0. The summed E-state index contributed by atoms with van der Waals surface area (Å²) in [5.41, 5.74) is 0.0283. The van der Waals surface area contributed by atoms with E-state index in [-0.39, 0.29) is 29.5 Å². The van der Waals surface area contributed by atoms with Gasteiger partial charge in [0.25, 0.3) is 0 Å². The van der Waals surface area contributed by atoms with Crippen molar-refractivity contribution >= 4 is 29.9 Å². The fourth-order valence-corrected chi connectivity index (χ4v) is 2.18. The van der Waals surface area contributed by atoms with E-state index < -0.39 is 0 Å². The number of ether oxygens (including phenoxy) is 2. The minimum absolute atomic E-state index is 0. The minimum Gasteiger partial charge on any atom is -0.381 e. The number of halogens is 1. The molecule has 1 fully saturated rings. The molecular formula is C16H34IN3O2. The van der Waals surface area contributed by atoms with Crippen LogP contribution in [0.3, 0.4) is 0 Å². The standard InChI is InChI=1S/C16H33N3O2.HI/c1-5-17-15(19-16(2,3)4)18-9-6-10-21-13-14-7-11-20-12-8-14;/h14H,5-13H2,1-4H3,(H2,17,18,19);1H. The number of rotatable bonds is 7. The highest BCUT2D eigenvalue weighted by Gasteiger charge is 2.13. The van der Waals surface area contributed by atoms with Crippen LogP contribution in [0, 0.1) is 5.92 Å². The predicted molar refractivity (Wildman–Crippen MR) is 103 cm³/mol. The molecule has 0 aromatic rings. The van der Waals surface area contributed by atoms with E-state index in [0.29, 0.717) is 5.92 Å².